The standard InChI is InChI=1S/C19H24O4/c1-6-14(20)15-16(21)12(8-7-11(2)3)18-13(17(15)22)9-10-19(4,5)23-18/h7,9-10,12,22H,6,8H2,1-5H3/t12-/m0/s1. The number of carbonyl (C=O) groups is 2. The molecule has 0 aromatic carbocycles. The minimum atomic E-state index is -0.564. The van der Waals surface area contributed by atoms with E-state index >= 15 is 0 Å². The van der Waals surface area contributed by atoms with Crippen LogP contribution in [0.2, 0.25) is 0 Å². The number of rotatable bonds is 4. The van der Waals surface area contributed by atoms with E-state index in [1.165, 1.54) is 0 Å². The van der Waals surface area contributed by atoms with Gasteiger partial charge >= 0.3 is 0 Å². The fourth-order valence-corrected chi connectivity index (χ4v) is 2.75. The maximum atomic E-state index is 12.8. The second-order valence-electron chi connectivity index (χ2n) is 6.75. The number of carbonyl (C=O) groups excluding carboxylic acids is 2. The van der Waals surface area contributed by atoms with Crippen LogP contribution in [0.1, 0.15) is 47.5 Å². The molecule has 0 aromatic heterocycles. The maximum Gasteiger partial charge on any atom is 0.181 e. The smallest absolute Gasteiger partial charge is 0.181 e. The molecule has 124 valence electrons. The molecule has 1 aliphatic carbocycles. The van der Waals surface area contributed by atoms with Crippen molar-refractivity contribution in [3.63, 3.8) is 0 Å². The van der Waals surface area contributed by atoms with E-state index in [-0.39, 0.29) is 29.3 Å². The maximum absolute atomic E-state index is 12.8. The van der Waals surface area contributed by atoms with Gasteiger partial charge in [0.2, 0.25) is 0 Å². The van der Waals surface area contributed by atoms with Gasteiger partial charge in [0, 0.05) is 6.42 Å². The van der Waals surface area contributed by atoms with Crippen LogP contribution in [0.4, 0.5) is 0 Å². The van der Waals surface area contributed by atoms with E-state index in [0.29, 0.717) is 17.8 Å². The molecule has 1 N–H and O–H groups in total. The summed E-state index contributed by atoms with van der Waals surface area (Å²) >= 11 is 0. The van der Waals surface area contributed by atoms with Crippen molar-refractivity contribution in [3.05, 3.63) is 46.5 Å². The summed E-state index contributed by atoms with van der Waals surface area (Å²) in [7, 11) is 0. The van der Waals surface area contributed by atoms with Gasteiger partial charge in [-0.15, -0.1) is 0 Å². The van der Waals surface area contributed by atoms with Crippen LogP contribution in [0.3, 0.4) is 0 Å². The number of hydrogen-bond acceptors (Lipinski definition) is 4. The average Bonchev–Trinajstić information content (AvgIpc) is 2.45. The van der Waals surface area contributed by atoms with Gasteiger partial charge in [-0.2, -0.15) is 0 Å². The average molecular weight is 316 g/mol. The lowest BCUT2D eigenvalue weighted by Gasteiger charge is -2.35. The van der Waals surface area contributed by atoms with Gasteiger partial charge in [0.05, 0.1) is 11.5 Å². The molecule has 0 spiro atoms. The second kappa shape index (κ2) is 6.19. The number of ether oxygens (including phenoxy) is 1. The lowest BCUT2D eigenvalue weighted by atomic mass is 9.80. The summed E-state index contributed by atoms with van der Waals surface area (Å²) in [5, 5.41) is 10.4. The first kappa shape index (κ1) is 17.3. The van der Waals surface area contributed by atoms with Gasteiger partial charge in [0.15, 0.2) is 11.6 Å². The Labute approximate surface area is 137 Å². The lowest BCUT2D eigenvalue weighted by Crippen LogP contribution is -2.36. The zero-order valence-electron chi connectivity index (χ0n) is 14.4. The van der Waals surface area contributed by atoms with Crippen LogP contribution in [0.25, 0.3) is 0 Å². The molecule has 1 atom stereocenters. The Kier molecular flexibility index (Phi) is 4.64. The molecule has 0 saturated heterocycles. The third-order valence-electron chi connectivity index (χ3n) is 4.02. The van der Waals surface area contributed by atoms with Crippen LogP contribution in [-0.2, 0) is 14.3 Å². The predicted molar refractivity (Wildman–Crippen MR) is 88.8 cm³/mol. The third kappa shape index (κ3) is 3.31. The van der Waals surface area contributed by atoms with E-state index in [0.717, 1.165) is 5.57 Å². The largest absolute Gasteiger partial charge is 0.506 e. The Morgan fingerprint density at radius 1 is 1.39 bits per heavy atom. The van der Waals surface area contributed by atoms with Crippen molar-refractivity contribution in [3.8, 4) is 0 Å². The molecule has 0 radical (unpaired) electrons. The van der Waals surface area contributed by atoms with E-state index in [4.69, 9.17) is 4.74 Å². The van der Waals surface area contributed by atoms with E-state index in [9.17, 15) is 14.7 Å². The van der Waals surface area contributed by atoms with Gasteiger partial charge in [-0.1, -0.05) is 18.6 Å². The van der Waals surface area contributed by atoms with Gasteiger partial charge in [-0.05, 0) is 46.3 Å². The van der Waals surface area contributed by atoms with Gasteiger partial charge in [0.25, 0.3) is 0 Å². The summed E-state index contributed by atoms with van der Waals surface area (Å²) < 4.78 is 5.96. The van der Waals surface area contributed by atoms with Crippen LogP contribution in [0.15, 0.2) is 46.5 Å². The molecule has 0 aromatic rings. The Hall–Kier alpha value is -2.10. The molecule has 0 fully saturated rings. The molecule has 0 saturated carbocycles. The first-order chi connectivity index (χ1) is 10.7. The first-order valence-corrected chi connectivity index (χ1v) is 7.94. The minimum Gasteiger partial charge on any atom is -0.506 e. The van der Waals surface area contributed by atoms with Crippen molar-refractivity contribution >= 4 is 11.6 Å². The molecule has 2 rings (SSSR count). The topological polar surface area (TPSA) is 63.6 Å². The number of aliphatic hydroxyl groups excluding tert-OH is 1. The van der Waals surface area contributed by atoms with Crippen LogP contribution < -0.4 is 0 Å². The molecule has 2 aliphatic rings. The van der Waals surface area contributed by atoms with Gasteiger partial charge in [-0.3, -0.25) is 9.59 Å². The van der Waals surface area contributed by atoms with E-state index in [1.54, 1.807) is 13.0 Å². The highest BCUT2D eigenvalue weighted by atomic mass is 16.5. The summed E-state index contributed by atoms with van der Waals surface area (Å²) in [6.07, 6.45) is 6.16. The highest BCUT2D eigenvalue weighted by molar-refractivity contribution is 6.23. The van der Waals surface area contributed by atoms with Crippen molar-refractivity contribution < 1.29 is 19.4 Å². The Morgan fingerprint density at radius 2 is 2.04 bits per heavy atom. The minimum absolute atomic E-state index is 0.0913. The molecular weight excluding hydrogens is 292 g/mol. The molecule has 4 heteroatoms. The number of aliphatic hydroxyl groups is 1. The summed E-state index contributed by atoms with van der Waals surface area (Å²) in [6, 6.07) is 0. The van der Waals surface area contributed by atoms with E-state index < -0.39 is 11.5 Å². The Morgan fingerprint density at radius 3 is 2.61 bits per heavy atom. The van der Waals surface area contributed by atoms with Gasteiger partial charge < -0.3 is 9.84 Å². The quantitative estimate of drug-likeness (QED) is 0.630. The SMILES string of the molecule is CCC(=O)C1=C(O)C2=C(OC(C)(C)C=C2)[C@@H](CC=C(C)C)C1=O. The van der Waals surface area contributed by atoms with Crippen LogP contribution >= 0.6 is 0 Å². The monoisotopic (exact) mass is 316 g/mol. The summed E-state index contributed by atoms with van der Waals surface area (Å²) in [6.45, 7) is 9.38. The van der Waals surface area contributed by atoms with Crippen molar-refractivity contribution in [2.75, 3.05) is 0 Å². The Bertz CT molecular complexity index is 667. The molecule has 0 unspecified atom stereocenters. The number of allylic oxidation sites excluding steroid dienone is 5. The van der Waals surface area contributed by atoms with Gasteiger partial charge in [-0.25, -0.2) is 0 Å². The van der Waals surface area contributed by atoms with Crippen molar-refractivity contribution in [2.45, 2.75) is 53.1 Å². The molecule has 23 heavy (non-hydrogen) atoms. The number of Topliss-reactive ketones (excluding diaryl/α,β-unsaturated/α-hetero) is 2. The second-order valence-corrected chi connectivity index (χ2v) is 6.75. The van der Waals surface area contributed by atoms with E-state index in [1.807, 2.05) is 39.8 Å². The van der Waals surface area contributed by atoms with Crippen molar-refractivity contribution in [2.24, 2.45) is 5.92 Å². The van der Waals surface area contributed by atoms with Crippen LogP contribution in [0, 0.1) is 5.92 Å². The summed E-state index contributed by atoms with van der Waals surface area (Å²) in [5.41, 5.74) is 0.904. The van der Waals surface area contributed by atoms with Crippen molar-refractivity contribution in [1.29, 1.82) is 0 Å². The molecule has 0 bridgehead atoms. The molecule has 4 nitrogen and oxygen atoms in total. The molecule has 0 amide bonds. The zero-order valence-corrected chi connectivity index (χ0v) is 14.4. The zero-order chi connectivity index (χ0) is 17.4. The number of hydrogen-bond donors (Lipinski definition) is 1. The van der Waals surface area contributed by atoms with Crippen LogP contribution in [0.5, 0.6) is 0 Å². The number of ketones is 2. The lowest BCUT2D eigenvalue weighted by molar-refractivity contribution is -0.124. The van der Waals surface area contributed by atoms with Gasteiger partial charge in [0.1, 0.15) is 22.7 Å². The molecular formula is C19H24O4. The first-order valence-electron chi connectivity index (χ1n) is 7.94. The summed E-state index contributed by atoms with van der Waals surface area (Å²) in [4.78, 5) is 24.9. The fraction of sp³-hybridized carbons (Fsp3) is 0.474. The highest BCUT2D eigenvalue weighted by Gasteiger charge is 2.41. The third-order valence-corrected chi connectivity index (χ3v) is 4.02. The summed E-state index contributed by atoms with van der Waals surface area (Å²) in [5.74, 6) is -1.04. The molecule has 1 heterocycles. The normalized spacial score (nSPS) is 22.7. The fourth-order valence-electron chi connectivity index (χ4n) is 2.75. The molecule has 1 aliphatic heterocycles. The van der Waals surface area contributed by atoms with Crippen LogP contribution in [-0.4, -0.2) is 22.3 Å². The van der Waals surface area contributed by atoms with E-state index in [2.05, 4.69) is 0 Å². The Balaban J connectivity index is 2.57. The predicted octanol–water partition coefficient (Wildman–Crippen LogP) is 3.95. The highest BCUT2D eigenvalue weighted by Crippen LogP contribution is 2.40. The van der Waals surface area contributed by atoms with Crippen molar-refractivity contribution in [1.82, 2.24) is 0 Å².